The molecule has 2 atom stereocenters. The fourth-order valence-electron chi connectivity index (χ4n) is 3.43. The molecule has 1 amide bonds. The van der Waals surface area contributed by atoms with E-state index in [9.17, 15) is 9.59 Å². The van der Waals surface area contributed by atoms with Gasteiger partial charge in [-0.15, -0.1) is 0 Å². The predicted molar refractivity (Wildman–Crippen MR) is 105 cm³/mol. The molecule has 0 saturated carbocycles. The van der Waals surface area contributed by atoms with E-state index in [1.165, 1.54) is 0 Å². The minimum Gasteiger partial charge on any atom is -0.465 e. The maximum Gasteiger partial charge on any atom is 0.323 e. The number of carbonyl (C=O) groups is 2. The Morgan fingerprint density at radius 1 is 1.22 bits per heavy atom. The number of amides is 1. The number of benzene rings is 2. The van der Waals surface area contributed by atoms with E-state index in [4.69, 9.17) is 9.47 Å². The molecule has 3 rings (SSSR count). The number of anilines is 1. The van der Waals surface area contributed by atoms with Gasteiger partial charge in [0.1, 0.15) is 6.04 Å². The van der Waals surface area contributed by atoms with Crippen LogP contribution >= 0.6 is 0 Å². The van der Waals surface area contributed by atoms with Gasteiger partial charge in [0.15, 0.2) is 0 Å². The van der Waals surface area contributed by atoms with Crippen molar-refractivity contribution in [1.82, 2.24) is 5.32 Å². The molecule has 0 aliphatic carbocycles. The zero-order valence-electron chi connectivity index (χ0n) is 15.6. The molecule has 1 aliphatic heterocycles. The highest BCUT2D eigenvalue weighted by molar-refractivity contribution is 6.02. The van der Waals surface area contributed by atoms with Crippen molar-refractivity contribution >= 4 is 28.3 Å². The second-order valence-corrected chi connectivity index (χ2v) is 6.66. The second kappa shape index (κ2) is 9.48. The summed E-state index contributed by atoms with van der Waals surface area (Å²) >= 11 is 0. The molecule has 6 nitrogen and oxygen atoms in total. The van der Waals surface area contributed by atoms with Crippen LogP contribution in [0.5, 0.6) is 0 Å². The van der Waals surface area contributed by atoms with E-state index >= 15 is 0 Å². The third-order valence-electron chi connectivity index (χ3n) is 4.75. The van der Waals surface area contributed by atoms with Crippen LogP contribution in [0.1, 0.15) is 19.8 Å². The summed E-state index contributed by atoms with van der Waals surface area (Å²) in [5.41, 5.74) is 0.758. The first-order valence-electron chi connectivity index (χ1n) is 9.44. The Bertz CT molecular complexity index is 781. The summed E-state index contributed by atoms with van der Waals surface area (Å²) in [7, 11) is 0. The molecular formula is C21H26N2O4. The van der Waals surface area contributed by atoms with E-state index in [-0.39, 0.29) is 24.3 Å². The van der Waals surface area contributed by atoms with Gasteiger partial charge in [0.25, 0.3) is 0 Å². The van der Waals surface area contributed by atoms with Crippen LogP contribution in [-0.4, -0.2) is 44.3 Å². The molecule has 0 unspecified atom stereocenters. The van der Waals surface area contributed by atoms with Gasteiger partial charge < -0.3 is 14.8 Å². The van der Waals surface area contributed by atoms with Gasteiger partial charge in [0.2, 0.25) is 5.91 Å². The van der Waals surface area contributed by atoms with Gasteiger partial charge in [0.05, 0.1) is 19.8 Å². The van der Waals surface area contributed by atoms with E-state index in [1.807, 2.05) is 42.5 Å². The summed E-state index contributed by atoms with van der Waals surface area (Å²) in [4.78, 5) is 24.8. The van der Waals surface area contributed by atoms with Crippen LogP contribution in [0.4, 0.5) is 5.69 Å². The van der Waals surface area contributed by atoms with Crippen LogP contribution < -0.4 is 10.6 Å². The Morgan fingerprint density at radius 3 is 2.81 bits per heavy atom. The summed E-state index contributed by atoms with van der Waals surface area (Å²) in [6.45, 7) is 3.34. The summed E-state index contributed by atoms with van der Waals surface area (Å²) < 4.78 is 10.7. The molecule has 1 saturated heterocycles. The van der Waals surface area contributed by atoms with E-state index in [0.29, 0.717) is 19.8 Å². The third-order valence-corrected chi connectivity index (χ3v) is 4.75. The summed E-state index contributed by atoms with van der Waals surface area (Å²) in [5.74, 6) is -0.508. The zero-order chi connectivity index (χ0) is 19.1. The molecule has 0 aromatic heterocycles. The largest absolute Gasteiger partial charge is 0.465 e. The lowest BCUT2D eigenvalue weighted by Gasteiger charge is -2.29. The predicted octanol–water partition coefficient (Wildman–Crippen LogP) is 2.73. The highest BCUT2D eigenvalue weighted by Gasteiger charge is 2.31. The number of hydrogen-bond acceptors (Lipinski definition) is 5. The first-order chi connectivity index (χ1) is 13.2. The number of carbonyl (C=O) groups excluding carboxylic acids is 2. The van der Waals surface area contributed by atoms with Crippen molar-refractivity contribution in [2.24, 2.45) is 5.92 Å². The Kier molecular flexibility index (Phi) is 6.79. The van der Waals surface area contributed by atoms with Gasteiger partial charge in [-0.1, -0.05) is 36.4 Å². The third kappa shape index (κ3) is 5.05. The average Bonchev–Trinajstić information content (AvgIpc) is 2.69. The van der Waals surface area contributed by atoms with E-state index < -0.39 is 6.04 Å². The Labute approximate surface area is 159 Å². The molecule has 2 aromatic rings. The maximum absolute atomic E-state index is 12.5. The lowest BCUT2D eigenvalue weighted by Crippen LogP contribution is -2.49. The van der Waals surface area contributed by atoms with Crippen LogP contribution in [-0.2, 0) is 19.1 Å². The highest BCUT2D eigenvalue weighted by Crippen LogP contribution is 2.23. The number of hydrogen-bond donors (Lipinski definition) is 2. The maximum atomic E-state index is 12.5. The quantitative estimate of drug-likeness (QED) is 0.733. The monoisotopic (exact) mass is 370 g/mol. The minimum atomic E-state index is -0.538. The van der Waals surface area contributed by atoms with Crippen LogP contribution in [0, 0.1) is 5.92 Å². The number of nitrogens with one attached hydrogen (secondary N) is 2. The number of fused-ring (bicyclic) bond motifs is 1. The number of ether oxygens (including phenoxy) is 2. The van der Waals surface area contributed by atoms with Crippen LogP contribution in [0.25, 0.3) is 10.8 Å². The standard InChI is InChI=1S/C21H26N2O4/c1-2-27-21(25)20(16-9-6-12-26-14-16)22-13-19(24)23-18-11-5-8-15-7-3-4-10-17(15)18/h3-5,7-8,10-11,16,20,22H,2,6,9,12-14H2,1H3,(H,23,24)/t16-,20+/m0/s1. The Hall–Kier alpha value is -2.44. The number of esters is 1. The SMILES string of the molecule is CCOC(=O)[C@H](NCC(=O)Nc1cccc2ccccc12)[C@H]1CCCOC1. The number of rotatable bonds is 7. The van der Waals surface area contributed by atoms with Crippen LogP contribution in [0.3, 0.4) is 0 Å². The average molecular weight is 370 g/mol. The Balaban J connectivity index is 1.63. The molecule has 2 N–H and O–H groups in total. The van der Waals surface area contributed by atoms with Gasteiger partial charge in [0, 0.05) is 23.6 Å². The molecule has 0 radical (unpaired) electrons. The van der Waals surface area contributed by atoms with Gasteiger partial charge in [-0.25, -0.2) is 0 Å². The van der Waals surface area contributed by atoms with Crippen molar-refractivity contribution in [3.8, 4) is 0 Å². The fraction of sp³-hybridized carbons (Fsp3) is 0.429. The van der Waals surface area contributed by atoms with Crippen LogP contribution in [0.15, 0.2) is 42.5 Å². The topological polar surface area (TPSA) is 76.7 Å². The molecule has 1 heterocycles. The van der Waals surface area contributed by atoms with E-state index in [2.05, 4.69) is 10.6 Å². The molecule has 0 spiro atoms. The fourth-order valence-corrected chi connectivity index (χ4v) is 3.43. The Morgan fingerprint density at radius 2 is 2.04 bits per heavy atom. The van der Waals surface area contributed by atoms with Gasteiger partial charge in [-0.05, 0) is 31.2 Å². The van der Waals surface area contributed by atoms with Crippen molar-refractivity contribution in [2.45, 2.75) is 25.8 Å². The van der Waals surface area contributed by atoms with E-state index in [1.54, 1.807) is 6.92 Å². The second-order valence-electron chi connectivity index (χ2n) is 6.66. The van der Waals surface area contributed by atoms with Crippen molar-refractivity contribution in [2.75, 3.05) is 31.7 Å². The first-order valence-corrected chi connectivity index (χ1v) is 9.44. The minimum absolute atomic E-state index is 0.0168. The molecule has 144 valence electrons. The van der Waals surface area contributed by atoms with Gasteiger partial charge >= 0.3 is 5.97 Å². The molecule has 27 heavy (non-hydrogen) atoms. The van der Waals surface area contributed by atoms with Gasteiger partial charge in [-0.2, -0.15) is 0 Å². The molecular weight excluding hydrogens is 344 g/mol. The summed E-state index contributed by atoms with van der Waals surface area (Å²) in [5, 5.41) is 8.05. The van der Waals surface area contributed by atoms with Crippen molar-refractivity contribution < 1.29 is 19.1 Å². The van der Waals surface area contributed by atoms with Gasteiger partial charge in [-0.3, -0.25) is 14.9 Å². The zero-order valence-corrected chi connectivity index (χ0v) is 15.6. The summed E-state index contributed by atoms with van der Waals surface area (Å²) in [6.07, 6.45) is 1.78. The molecule has 2 aromatic carbocycles. The van der Waals surface area contributed by atoms with Crippen molar-refractivity contribution in [1.29, 1.82) is 0 Å². The molecule has 0 bridgehead atoms. The van der Waals surface area contributed by atoms with Crippen molar-refractivity contribution in [3.05, 3.63) is 42.5 Å². The smallest absolute Gasteiger partial charge is 0.323 e. The molecule has 6 heteroatoms. The lowest BCUT2D eigenvalue weighted by molar-refractivity contribution is -0.148. The summed E-state index contributed by atoms with van der Waals surface area (Å²) in [6, 6.07) is 13.1. The molecule has 1 aliphatic rings. The highest BCUT2D eigenvalue weighted by atomic mass is 16.5. The van der Waals surface area contributed by atoms with E-state index in [0.717, 1.165) is 29.3 Å². The van der Waals surface area contributed by atoms with Crippen LogP contribution in [0.2, 0.25) is 0 Å². The first kappa shape index (κ1) is 19.3. The molecule has 1 fully saturated rings. The normalized spacial score (nSPS) is 18.0. The lowest BCUT2D eigenvalue weighted by atomic mass is 9.93. The van der Waals surface area contributed by atoms with Crippen molar-refractivity contribution in [3.63, 3.8) is 0 Å².